The van der Waals surface area contributed by atoms with E-state index in [0.717, 1.165) is 0 Å². The Balaban J connectivity index is 2.07. The Bertz CT molecular complexity index is 707. The van der Waals surface area contributed by atoms with Crippen LogP contribution in [-0.4, -0.2) is 41.6 Å². The van der Waals surface area contributed by atoms with Crippen molar-refractivity contribution >= 4 is 17.6 Å². The monoisotopic (exact) mass is 331 g/mol. The van der Waals surface area contributed by atoms with Gasteiger partial charge in [-0.2, -0.15) is 0 Å². The molecular weight excluding hydrogens is 310 g/mol. The number of hydrogen-bond donors (Lipinski definition) is 1. The van der Waals surface area contributed by atoms with E-state index in [-0.39, 0.29) is 24.4 Å². The molecule has 0 aliphatic heterocycles. The average molecular weight is 331 g/mol. The van der Waals surface area contributed by atoms with Gasteiger partial charge in [-0.25, -0.2) is 0 Å². The van der Waals surface area contributed by atoms with E-state index in [9.17, 15) is 9.59 Å². The molecule has 0 atom stereocenters. The van der Waals surface area contributed by atoms with Crippen LogP contribution in [0.3, 0.4) is 0 Å². The van der Waals surface area contributed by atoms with Crippen LogP contribution in [0.2, 0.25) is 0 Å². The number of hydrogen-bond acceptors (Lipinski definition) is 5. The fraction of sp³-hybridized carbons (Fsp3) is 0.353. The van der Waals surface area contributed by atoms with Crippen molar-refractivity contribution in [2.75, 3.05) is 19.0 Å². The van der Waals surface area contributed by atoms with Gasteiger partial charge in [-0.1, -0.05) is 5.16 Å². The van der Waals surface area contributed by atoms with E-state index in [1.807, 2.05) is 13.8 Å². The molecule has 7 heteroatoms. The first-order chi connectivity index (χ1) is 11.4. The van der Waals surface area contributed by atoms with E-state index >= 15 is 0 Å². The van der Waals surface area contributed by atoms with Crippen LogP contribution in [0.1, 0.15) is 30.0 Å². The molecular formula is C17H21N3O4. The van der Waals surface area contributed by atoms with Crippen molar-refractivity contribution in [3.05, 3.63) is 41.7 Å². The molecule has 0 bridgehead atoms. The molecule has 24 heavy (non-hydrogen) atoms. The summed E-state index contributed by atoms with van der Waals surface area (Å²) in [6, 6.07) is 8.26. The highest BCUT2D eigenvalue weighted by Crippen LogP contribution is 2.15. The van der Waals surface area contributed by atoms with Gasteiger partial charge in [-0.3, -0.25) is 9.59 Å². The fourth-order valence-corrected chi connectivity index (χ4v) is 2.15. The summed E-state index contributed by atoms with van der Waals surface area (Å²) in [6.45, 7) is 5.37. The Morgan fingerprint density at radius 3 is 2.46 bits per heavy atom. The lowest BCUT2D eigenvalue weighted by Gasteiger charge is -2.26. The summed E-state index contributed by atoms with van der Waals surface area (Å²) in [7, 11) is 1.56. The summed E-state index contributed by atoms with van der Waals surface area (Å²) in [4.78, 5) is 26.3. The molecule has 2 aromatic rings. The van der Waals surface area contributed by atoms with Crippen molar-refractivity contribution < 1.29 is 18.8 Å². The fourth-order valence-electron chi connectivity index (χ4n) is 2.15. The van der Waals surface area contributed by atoms with Crippen LogP contribution in [-0.2, 0) is 4.79 Å². The van der Waals surface area contributed by atoms with Crippen molar-refractivity contribution in [2.24, 2.45) is 0 Å². The van der Waals surface area contributed by atoms with Gasteiger partial charge >= 0.3 is 0 Å². The van der Waals surface area contributed by atoms with Gasteiger partial charge in [-0.15, -0.1) is 0 Å². The van der Waals surface area contributed by atoms with Crippen molar-refractivity contribution in [2.45, 2.75) is 26.8 Å². The average Bonchev–Trinajstić information content (AvgIpc) is 2.96. The van der Waals surface area contributed by atoms with E-state index < -0.39 is 0 Å². The van der Waals surface area contributed by atoms with E-state index in [0.29, 0.717) is 22.9 Å². The van der Waals surface area contributed by atoms with E-state index in [1.165, 1.54) is 4.90 Å². The first-order valence-corrected chi connectivity index (χ1v) is 7.59. The molecule has 0 spiro atoms. The largest absolute Gasteiger partial charge is 0.497 e. The van der Waals surface area contributed by atoms with Gasteiger partial charge in [0.15, 0.2) is 5.82 Å². The highest BCUT2D eigenvalue weighted by molar-refractivity contribution is 5.99. The third kappa shape index (κ3) is 4.34. The molecule has 7 nitrogen and oxygen atoms in total. The van der Waals surface area contributed by atoms with Crippen molar-refractivity contribution in [1.29, 1.82) is 0 Å². The number of anilines is 1. The highest BCUT2D eigenvalue weighted by atomic mass is 16.5. The quantitative estimate of drug-likeness (QED) is 0.879. The number of carbonyl (C=O) groups excluding carboxylic acids is 2. The van der Waals surface area contributed by atoms with Gasteiger partial charge in [0, 0.05) is 17.7 Å². The predicted molar refractivity (Wildman–Crippen MR) is 89.0 cm³/mol. The minimum atomic E-state index is -0.334. The zero-order valence-corrected chi connectivity index (χ0v) is 14.2. The van der Waals surface area contributed by atoms with Crippen LogP contribution < -0.4 is 10.1 Å². The third-order valence-corrected chi connectivity index (χ3v) is 3.43. The number of ether oxygens (including phenoxy) is 1. The van der Waals surface area contributed by atoms with E-state index in [2.05, 4.69) is 10.5 Å². The molecule has 0 aliphatic rings. The Kier molecular flexibility index (Phi) is 5.57. The summed E-state index contributed by atoms with van der Waals surface area (Å²) < 4.78 is 9.98. The maximum absolute atomic E-state index is 12.6. The summed E-state index contributed by atoms with van der Waals surface area (Å²) in [5.74, 6) is 1.04. The first kappa shape index (κ1) is 17.5. The second kappa shape index (κ2) is 7.63. The van der Waals surface area contributed by atoms with Crippen LogP contribution in [0.4, 0.5) is 5.82 Å². The van der Waals surface area contributed by atoms with E-state index in [1.54, 1.807) is 44.4 Å². The summed E-state index contributed by atoms with van der Waals surface area (Å²) in [6.07, 6.45) is 0. The SMILES string of the molecule is COc1ccc(C(=O)N(CC(=O)Nc2cc(C)on2)C(C)C)cc1. The zero-order chi connectivity index (χ0) is 17.7. The topological polar surface area (TPSA) is 84.7 Å². The Morgan fingerprint density at radius 2 is 1.96 bits per heavy atom. The molecule has 0 saturated carbocycles. The Hall–Kier alpha value is -2.83. The predicted octanol–water partition coefficient (Wildman–Crippen LogP) is 2.48. The molecule has 1 aromatic carbocycles. The number of methoxy groups -OCH3 is 1. The third-order valence-electron chi connectivity index (χ3n) is 3.43. The van der Waals surface area contributed by atoms with E-state index in [4.69, 9.17) is 9.26 Å². The second-order valence-electron chi connectivity index (χ2n) is 5.63. The smallest absolute Gasteiger partial charge is 0.254 e. The van der Waals surface area contributed by atoms with Gasteiger partial charge < -0.3 is 19.5 Å². The zero-order valence-electron chi connectivity index (χ0n) is 14.2. The molecule has 128 valence electrons. The molecule has 0 fully saturated rings. The molecule has 0 aliphatic carbocycles. The van der Waals surface area contributed by atoms with Crippen LogP contribution in [0.5, 0.6) is 5.75 Å². The number of rotatable bonds is 6. The molecule has 0 unspecified atom stereocenters. The summed E-state index contributed by atoms with van der Waals surface area (Å²) >= 11 is 0. The Morgan fingerprint density at radius 1 is 1.29 bits per heavy atom. The van der Waals surface area contributed by atoms with Gasteiger partial charge in [0.05, 0.1) is 7.11 Å². The second-order valence-corrected chi connectivity index (χ2v) is 5.63. The van der Waals surface area contributed by atoms with Crippen LogP contribution in [0.25, 0.3) is 0 Å². The number of aromatic nitrogens is 1. The van der Waals surface area contributed by atoms with Crippen LogP contribution in [0, 0.1) is 6.92 Å². The summed E-state index contributed by atoms with van der Waals surface area (Å²) in [5, 5.41) is 6.32. The molecule has 0 saturated heterocycles. The lowest BCUT2D eigenvalue weighted by molar-refractivity contribution is -0.117. The van der Waals surface area contributed by atoms with Gasteiger partial charge in [0.25, 0.3) is 5.91 Å². The minimum absolute atomic E-state index is 0.0750. The van der Waals surface area contributed by atoms with Gasteiger partial charge in [0.1, 0.15) is 18.1 Å². The molecule has 2 rings (SSSR count). The number of amides is 2. The maximum atomic E-state index is 12.6. The molecule has 1 N–H and O–H groups in total. The normalized spacial score (nSPS) is 10.5. The van der Waals surface area contributed by atoms with Crippen molar-refractivity contribution in [1.82, 2.24) is 10.1 Å². The van der Waals surface area contributed by atoms with Gasteiger partial charge in [-0.05, 0) is 45.0 Å². The number of aryl methyl sites for hydroxylation is 1. The first-order valence-electron chi connectivity index (χ1n) is 7.59. The number of nitrogens with one attached hydrogen (secondary N) is 1. The number of nitrogens with zero attached hydrogens (tertiary/aromatic N) is 2. The van der Waals surface area contributed by atoms with Crippen LogP contribution in [0.15, 0.2) is 34.9 Å². The highest BCUT2D eigenvalue weighted by Gasteiger charge is 2.22. The maximum Gasteiger partial charge on any atom is 0.254 e. The Labute approximate surface area is 140 Å². The van der Waals surface area contributed by atoms with Crippen molar-refractivity contribution in [3.8, 4) is 5.75 Å². The van der Waals surface area contributed by atoms with Crippen LogP contribution >= 0.6 is 0 Å². The lowest BCUT2D eigenvalue weighted by atomic mass is 10.1. The number of carbonyl (C=O) groups is 2. The molecule has 0 radical (unpaired) electrons. The number of benzene rings is 1. The lowest BCUT2D eigenvalue weighted by Crippen LogP contribution is -2.42. The molecule has 1 heterocycles. The minimum Gasteiger partial charge on any atom is -0.497 e. The standard InChI is InChI=1S/C17H21N3O4/c1-11(2)20(10-16(21)18-15-9-12(3)24-19-15)17(22)13-5-7-14(23-4)8-6-13/h5-9,11H,10H2,1-4H3,(H,18,19,21). The molecule has 2 amide bonds. The van der Waals surface area contributed by atoms with Gasteiger partial charge in [0.2, 0.25) is 5.91 Å². The molecule has 1 aromatic heterocycles. The summed E-state index contributed by atoms with van der Waals surface area (Å²) in [5.41, 5.74) is 0.495. The van der Waals surface area contributed by atoms with Crippen molar-refractivity contribution in [3.63, 3.8) is 0 Å².